The number of nitrogens with one attached hydrogen (secondary N) is 1. The molecule has 0 amide bonds. The third kappa shape index (κ3) is 3.41. The van der Waals surface area contributed by atoms with E-state index in [1.54, 1.807) is 22.9 Å². The molecule has 1 heterocycles. The van der Waals surface area contributed by atoms with Gasteiger partial charge in [0.15, 0.2) is 8.32 Å². The second-order valence-electron chi connectivity index (χ2n) is 6.87. The van der Waals surface area contributed by atoms with E-state index in [2.05, 4.69) is 39.0 Å². The monoisotopic (exact) mass is 326 g/mol. The molecule has 0 saturated carbocycles. The van der Waals surface area contributed by atoms with Gasteiger partial charge >= 0.3 is 0 Å². The van der Waals surface area contributed by atoms with Crippen molar-refractivity contribution in [2.45, 2.75) is 45.4 Å². The van der Waals surface area contributed by atoms with Crippen molar-refractivity contribution in [2.24, 2.45) is 0 Å². The van der Waals surface area contributed by atoms with Crippen LogP contribution in [0.5, 0.6) is 0 Å². The van der Waals surface area contributed by atoms with E-state index in [9.17, 15) is 4.79 Å². The number of aromatic nitrogens is 2. The zero-order valence-electron chi connectivity index (χ0n) is 13.3. The van der Waals surface area contributed by atoms with Crippen LogP contribution in [-0.4, -0.2) is 24.7 Å². The van der Waals surface area contributed by atoms with Crippen molar-refractivity contribution in [3.63, 3.8) is 0 Å². The molecule has 0 bridgehead atoms. The maximum absolute atomic E-state index is 12.2. The van der Waals surface area contributed by atoms with Gasteiger partial charge in [0.2, 0.25) is 0 Å². The Morgan fingerprint density at radius 2 is 2.00 bits per heavy atom. The molecule has 0 unspecified atom stereocenters. The van der Waals surface area contributed by atoms with Crippen molar-refractivity contribution in [1.82, 2.24) is 9.78 Å². The molecule has 1 aromatic carbocycles. The van der Waals surface area contributed by atoms with Crippen molar-refractivity contribution >= 4 is 30.8 Å². The lowest BCUT2D eigenvalue weighted by Crippen LogP contribution is -2.41. The van der Waals surface area contributed by atoms with E-state index < -0.39 is 8.32 Å². The van der Waals surface area contributed by atoms with Gasteiger partial charge in [-0.3, -0.25) is 9.89 Å². The number of hydrogen-bond donors (Lipinski definition) is 1. The summed E-state index contributed by atoms with van der Waals surface area (Å²) >= 11 is 5.94. The summed E-state index contributed by atoms with van der Waals surface area (Å²) in [6, 6.07) is 5.25. The fraction of sp³-hybridized carbons (Fsp3) is 0.533. The van der Waals surface area contributed by atoms with E-state index in [1.807, 2.05) is 0 Å². The molecule has 0 radical (unpaired) electrons. The first kappa shape index (κ1) is 16.3. The third-order valence-corrected chi connectivity index (χ3v) is 9.07. The van der Waals surface area contributed by atoms with Gasteiger partial charge in [0.05, 0.1) is 24.1 Å². The molecular weight excluding hydrogens is 304 g/mol. The van der Waals surface area contributed by atoms with Gasteiger partial charge in [0.25, 0.3) is 5.56 Å². The number of aromatic amines is 1. The molecule has 2 rings (SSSR count). The lowest BCUT2D eigenvalue weighted by atomic mass is 10.2. The minimum Gasteiger partial charge on any atom is -0.415 e. The number of rotatable bonds is 4. The van der Waals surface area contributed by atoms with Gasteiger partial charge in [-0.2, -0.15) is 0 Å². The Hall–Kier alpha value is -1.04. The van der Waals surface area contributed by atoms with Crippen LogP contribution in [0.3, 0.4) is 0 Å². The minimum absolute atomic E-state index is 0.0273. The van der Waals surface area contributed by atoms with Crippen molar-refractivity contribution < 1.29 is 4.43 Å². The molecule has 0 aliphatic carbocycles. The van der Waals surface area contributed by atoms with Crippen LogP contribution in [0.25, 0.3) is 10.9 Å². The molecule has 0 spiro atoms. The molecular formula is C15H23ClN2O2Si. The molecule has 0 fully saturated rings. The number of nitrogens with zero attached hydrogens (tertiary/aromatic N) is 1. The summed E-state index contributed by atoms with van der Waals surface area (Å²) in [7, 11) is -1.77. The fourth-order valence-corrected chi connectivity index (χ4v) is 3.11. The summed E-state index contributed by atoms with van der Waals surface area (Å²) in [4.78, 5) is 12.2. The summed E-state index contributed by atoms with van der Waals surface area (Å²) in [5.74, 6) is 0. The average molecular weight is 327 g/mol. The summed E-state index contributed by atoms with van der Waals surface area (Å²) in [5, 5.41) is 4.54. The van der Waals surface area contributed by atoms with Gasteiger partial charge in [-0.1, -0.05) is 32.4 Å². The Bertz CT molecular complexity index is 698. The quantitative estimate of drug-likeness (QED) is 0.863. The predicted octanol–water partition coefficient (Wildman–Crippen LogP) is 4.00. The van der Waals surface area contributed by atoms with E-state index in [0.29, 0.717) is 23.6 Å². The SMILES string of the molecule is CC(C)(C)[Si](C)(C)OCCn1[nH]c2cc(Cl)ccc2c1=O. The molecule has 6 heteroatoms. The Morgan fingerprint density at radius 3 is 2.62 bits per heavy atom. The summed E-state index contributed by atoms with van der Waals surface area (Å²) in [5.41, 5.74) is 0.736. The van der Waals surface area contributed by atoms with Crippen LogP contribution in [0.4, 0.5) is 0 Å². The highest BCUT2D eigenvalue weighted by atomic mass is 35.5. The normalized spacial score (nSPS) is 13.0. The van der Waals surface area contributed by atoms with Gasteiger partial charge in [0.1, 0.15) is 0 Å². The minimum atomic E-state index is -1.77. The number of hydrogen-bond acceptors (Lipinski definition) is 2. The highest BCUT2D eigenvalue weighted by Crippen LogP contribution is 2.36. The zero-order chi connectivity index (χ0) is 15.8. The largest absolute Gasteiger partial charge is 0.415 e. The van der Waals surface area contributed by atoms with E-state index in [4.69, 9.17) is 16.0 Å². The summed E-state index contributed by atoms with van der Waals surface area (Å²) < 4.78 is 7.70. The smallest absolute Gasteiger partial charge is 0.274 e. The van der Waals surface area contributed by atoms with Crippen molar-refractivity contribution in [3.05, 3.63) is 33.6 Å². The van der Waals surface area contributed by atoms with Crippen LogP contribution in [-0.2, 0) is 11.0 Å². The number of fused-ring (bicyclic) bond motifs is 1. The van der Waals surface area contributed by atoms with Crippen LogP contribution in [0.15, 0.2) is 23.0 Å². The molecule has 1 N–H and O–H groups in total. The second-order valence-corrected chi connectivity index (χ2v) is 12.1. The number of H-pyrrole nitrogens is 1. The van der Waals surface area contributed by atoms with Crippen LogP contribution in [0.2, 0.25) is 23.2 Å². The van der Waals surface area contributed by atoms with Gasteiger partial charge < -0.3 is 4.43 Å². The Labute approximate surface area is 131 Å². The first-order valence-corrected chi connectivity index (χ1v) is 10.4. The molecule has 116 valence electrons. The number of benzene rings is 1. The first-order chi connectivity index (χ1) is 9.62. The fourth-order valence-electron chi connectivity index (χ4n) is 1.90. The predicted molar refractivity (Wildman–Crippen MR) is 90.7 cm³/mol. The van der Waals surface area contributed by atoms with Crippen LogP contribution in [0, 0.1) is 0 Å². The Morgan fingerprint density at radius 1 is 1.33 bits per heavy atom. The van der Waals surface area contributed by atoms with E-state index in [1.165, 1.54) is 0 Å². The molecule has 21 heavy (non-hydrogen) atoms. The molecule has 0 aliphatic rings. The van der Waals surface area contributed by atoms with Gasteiger partial charge in [-0.05, 0) is 36.3 Å². The molecule has 0 atom stereocenters. The van der Waals surface area contributed by atoms with Gasteiger partial charge in [0, 0.05) is 5.02 Å². The third-order valence-electron chi connectivity index (χ3n) is 4.30. The van der Waals surface area contributed by atoms with E-state index in [0.717, 1.165) is 5.52 Å². The Kier molecular flexibility index (Phi) is 4.38. The highest BCUT2D eigenvalue weighted by molar-refractivity contribution is 6.74. The molecule has 2 aromatic rings. The standard InChI is InChI=1S/C15H23ClN2O2Si/c1-15(2,3)21(4,5)20-9-8-18-14(19)12-7-6-11(16)10-13(12)17-18/h6-7,10,17H,8-9H2,1-5H3. The van der Waals surface area contributed by atoms with Crippen LogP contribution in [0.1, 0.15) is 20.8 Å². The average Bonchev–Trinajstić information content (AvgIpc) is 2.64. The van der Waals surface area contributed by atoms with E-state index in [-0.39, 0.29) is 10.6 Å². The van der Waals surface area contributed by atoms with Gasteiger partial charge in [-0.15, -0.1) is 0 Å². The molecule has 4 nitrogen and oxygen atoms in total. The maximum atomic E-state index is 12.2. The lowest BCUT2D eigenvalue weighted by Gasteiger charge is -2.36. The van der Waals surface area contributed by atoms with Crippen LogP contribution >= 0.6 is 11.6 Å². The Balaban J connectivity index is 2.11. The van der Waals surface area contributed by atoms with Gasteiger partial charge in [-0.25, -0.2) is 4.68 Å². The lowest BCUT2D eigenvalue weighted by molar-refractivity contribution is 0.265. The summed E-state index contributed by atoms with van der Waals surface area (Å²) in [6.45, 7) is 12.1. The number of halogens is 1. The van der Waals surface area contributed by atoms with Crippen molar-refractivity contribution in [3.8, 4) is 0 Å². The maximum Gasteiger partial charge on any atom is 0.274 e. The highest BCUT2D eigenvalue weighted by Gasteiger charge is 2.36. The second kappa shape index (κ2) is 5.63. The first-order valence-electron chi connectivity index (χ1n) is 7.14. The molecule has 0 saturated heterocycles. The van der Waals surface area contributed by atoms with E-state index >= 15 is 0 Å². The molecule has 0 aliphatic heterocycles. The molecule has 1 aromatic heterocycles. The topological polar surface area (TPSA) is 47.0 Å². The summed E-state index contributed by atoms with van der Waals surface area (Å²) in [6.07, 6.45) is 0. The van der Waals surface area contributed by atoms with Crippen molar-refractivity contribution in [2.75, 3.05) is 6.61 Å². The van der Waals surface area contributed by atoms with Crippen LogP contribution < -0.4 is 5.56 Å². The zero-order valence-corrected chi connectivity index (χ0v) is 15.0. The van der Waals surface area contributed by atoms with Crippen molar-refractivity contribution in [1.29, 1.82) is 0 Å².